The van der Waals surface area contributed by atoms with Gasteiger partial charge in [-0.3, -0.25) is 4.79 Å². The second-order valence-electron chi connectivity index (χ2n) is 4.75. The topological polar surface area (TPSA) is 60.4 Å². The van der Waals surface area contributed by atoms with Gasteiger partial charge in [-0.05, 0) is 25.0 Å². The van der Waals surface area contributed by atoms with E-state index in [1.54, 1.807) is 19.9 Å². The lowest BCUT2D eigenvalue weighted by molar-refractivity contribution is -0.144. The molecule has 0 aliphatic carbocycles. The highest BCUT2D eigenvalue weighted by atomic mass is 32.2. The molecule has 1 rings (SSSR count). The first-order valence-electron chi connectivity index (χ1n) is 6.13. The Hall–Kier alpha value is -1.36. The van der Waals surface area contributed by atoms with Gasteiger partial charge in [-0.2, -0.15) is 0 Å². The van der Waals surface area contributed by atoms with Gasteiger partial charge in [0.25, 0.3) is 0 Å². The molecule has 0 saturated carbocycles. The van der Waals surface area contributed by atoms with Gasteiger partial charge in [-0.25, -0.2) is 8.42 Å². The Morgan fingerprint density at radius 3 is 2.37 bits per heavy atom. The minimum atomic E-state index is -3.39. The third kappa shape index (κ3) is 3.80. The highest BCUT2D eigenvalue weighted by Crippen LogP contribution is 2.20. The number of carbonyl (C=O) groups excluding carboxylic acids is 1. The Bertz CT molecular complexity index is 548. The van der Waals surface area contributed by atoms with E-state index >= 15 is 0 Å². The van der Waals surface area contributed by atoms with E-state index in [1.165, 1.54) is 7.11 Å². The largest absolute Gasteiger partial charge is 0.469 e. The second-order valence-corrected chi connectivity index (χ2v) is 7.11. The number of hydrogen-bond acceptors (Lipinski definition) is 4. The lowest BCUT2D eigenvalue weighted by atomic mass is 10.1. The summed E-state index contributed by atoms with van der Waals surface area (Å²) in [6.07, 6.45) is 0. The summed E-state index contributed by atoms with van der Waals surface area (Å²) in [6.45, 7) is 5.00. The molecule has 0 spiro atoms. The van der Waals surface area contributed by atoms with Crippen molar-refractivity contribution in [3.8, 4) is 0 Å². The monoisotopic (exact) mass is 284 g/mol. The van der Waals surface area contributed by atoms with Crippen molar-refractivity contribution in [2.24, 2.45) is 5.92 Å². The van der Waals surface area contributed by atoms with E-state index in [-0.39, 0.29) is 5.75 Å². The van der Waals surface area contributed by atoms with Crippen molar-refractivity contribution in [3.05, 3.63) is 35.4 Å². The summed E-state index contributed by atoms with van der Waals surface area (Å²) in [5.41, 5.74) is 1.70. The van der Waals surface area contributed by atoms with Crippen LogP contribution in [0, 0.1) is 12.8 Å². The van der Waals surface area contributed by atoms with Crippen molar-refractivity contribution in [2.45, 2.75) is 31.8 Å². The molecule has 2 atom stereocenters. The zero-order chi connectivity index (χ0) is 14.6. The van der Waals surface area contributed by atoms with Crippen LogP contribution in [0.1, 0.15) is 25.0 Å². The molecule has 2 unspecified atom stereocenters. The van der Waals surface area contributed by atoms with Crippen LogP contribution < -0.4 is 0 Å². The van der Waals surface area contributed by atoms with Gasteiger partial charge in [0.1, 0.15) is 0 Å². The number of hydrogen-bond donors (Lipinski definition) is 0. The molecule has 106 valence electrons. The fourth-order valence-corrected chi connectivity index (χ4v) is 3.56. The molecular formula is C14H20O4S. The van der Waals surface area contributed by atoms with Gasteiger partial charge < -0.3 is 4.74 Å². The maximum Gasteiger partial charge on any atom is 0.309 e. The van der Waals surface area contributed by atoms with Crippen LogP contribution in [0.15, 0.2) is 24.3 Å². The van der Waals surface area contributed by atoms with E-state index in [4.69, 9.17) is 0 Å². The third-order valence-electron chi connectivity index (χ3n) is 3.46. The molecule has 1 aromatic rings. The summed E-state index contributed by atoms with van der Waals surface area (Å²) in [6, 6.07) is 7.35. The van der Waals surface area contributed by atoms with Crippen LogP contribution >= 0.6 is 0 Å². The Morgan fingerprint density at radius 1 is 1.26 bits per heavy atom. The maximum atomic E-state index is 12.3. The predicted octanol–water partition coefficient (Wildman–Crippen LogP) is 2.11. The number of rotatable bonds is 5. The first-order valence-corrected chi connectivity index (χ1v) is 7.85. The van der Waals surface area contributed by atoms with E-state index in [0.29, 0.717) is 0 Å². The number of ether oxygens (including phenoxy) is 1. The van der Waals surface area contributed by atoms with E-state index < -0.39 is 27.0 Å². The lowest BCUT2D eigenvalue weighted by Crippen LogP contribution is -2.32. The summed E-state index contributed by atoms with van der Waals surface area (Å²) in [7, 11) is -2.13. The molecular weight excluding hydrogens is 264 g/mol. The van der Waals surface area contributed by atoms with Gasteiger partial charge in [0.2, 0.25) is 0 Å². The number of carbonyl (C=O) groups is 1. The summed E-state index contributed by atoms with van der Waals surface area (Å²) in [5.74, 6) is -1.22. The van der Waals surface area contributed by atoms with Crippen molar-refractivity contribution >= 4 is 15.8 Å². The number of sulfone groups is 1. The second kappa shape index (κ2) is 6.19. The summed E-state index contributed by atoms with van der Waals surface area (Å²) in [4.78, 5) is 11.4. The molecule has 1 aromatic carbocycles. The highest BCUT2D eigenvalue weighted by Gasteiger charge is 2.31. The summed E-state index contributed by atoms with van der Waals surface area (Å²) < 4.78 is 29.2. The van der Waals surface area contributed by atoms with Gasteiger partial charge >= 0.3 is 5.97 Å². The van der Waals surface area contributed by atoms with Crippen LogP contribution in [0.5, 0.6) is 0 Å². The maximum absolute atomic E-state index is 12.3. The van der Waals surface area contributed by atoms with E-state index in [2.05, 4.69) is 4.74 Å². The molecule has 19 heavy (non-hydrogen) atoms. The molecule has 0 aromatic heterocycles. The van der Waals surface area contributed by atoms with E-state index in [1.807, 2.05) is 25.1 Å². The molecule has 0 N–H and O–H groups in total. The number of esters is 1. The van der Waals surface area contributed by atoms with Crippen molar-refractivity contribution in [2.75, 3.05) is 7.11 Å². The van der Waals surface area contributed by atoms with E-state index in [9.17, 15) is 13.2 Å². The Kier molecular flexibility index (Phi) is 5.11. The molecule has 0 aliphatic heterocycles. The van der Waals surface area contributed by atoms with Crippen LogP contribution in [0.3, 0.4) is 0 Å². The van der Waals surface area contributed by atoms with Crippen LogP contribution in [0.2, 0.25) is 0 Å². The molecule has 0 aliphatic rings. The van der Waals surface area contributed by atoms with Gasteiger partial charge in [0.15, 0.2) is 9.84 Å². The Labute approximate surface area is 114 Å². The lowest BCUT2D eigenvalue weighted by Gasteiger charge is -2.18. The highest BCUT2D eigenvalue weighted by molar-refractivity contribution is 7.91. The molecule has 4 nitrogen and oxygen atoms in total. The minimum Gasteiger partial charge on any atom is -0.469 e. The van der Waals surface area contributed by atoms with Crippen molar-refractivity contribution in [3.63, 3.8) is 0 Å². The fourth-order valence-electron chi connectivity index (χ4n) is 1.81. The van der Waals surface area contributed by atoms with Crippen molar-refractivity contribution in [1.29, 1.82) is 0 Å². The molecule has 0 heterocycles. The molecule has 5 heteroatoms. The number of benzene rings is 1. The van der Waals surface area contributed by atoms with Crippen LogP contribution in [-0.4, -0.2) is 26.7 Å². The van der Waals surface area contributed by atoms with Crippen LogP contribution in [0.25, 0.3) is 0 Å². The Morgan fingerprint density at radius 2 is 1.84 bits per heavy atom. The summed E-state index contributed by atoms with van der Waals surface area (Å²) in [5, 5.41) is -0.764. The van der Waals surface area contributed by atoms with Crippen molar-refractivity contribution < 1.29 is 17.9 Å². The first kappa shape index (κ1) is 15.7. The standard InChI is InChI=1S/C14H20O4S/c1-10-7-5-6-8-13(10)9-19(16,17)12(3)11(2)14(15)18-4/h5-8,11-12H,9H2,1-4H3. The zero-order valence-corrected chi connectivity index (χ0v) is 12.5. The quantitative estimate of drug-likeness (QED) is 0.777. The predicted molar refractivity (Wildman–Crippen MR) is 74.4 cm³/mol. The van der Waals surface area contributed by atoms with Crippen molar-refractivity contribution in [1.82, 2.24) is 0 Å². The van der Waals surface area contributed by atoms with Gasteiger partial charge in [0.05, 0.1) is 24.0 Å². The molecule has 0 bridgehead atoms. The van der Waals surface area contributed by atoms with Crippen LogP contribution in [0.4, 0.5) is 0 Å². The number of aryl methyl sites for hydroxylation is 1. The SMILES string of the molecule is COC(=O)C(C)C(C)S(=O)(=O)Cc1ccccc1C. The average molecular weight is 284 g/mol. The third-order valence-corrected chi connectivity index (χ3v) is 5.72. The van der Waals surface area contributed by atoms with Gasteiger partial charge in [-0.15, -0.1) is 0 Å². The normalized spacial score (nSPS) is 14.7. The first-order chi connectivity index (χ1) is 8.79. The smallest absolute Gasteiger partial charge is 0.309 e. The molecule has 0 fully saturated rings. The average Bonchev–Trinajstić information content (AvgIpc) is 2.38. The molecule has 0 saturated heterocycles. The van der Waals surface area contributed by atoms with E-state index in [0.717, 1.165) is 11.1 Å². The minimum absolute atomic E-state index is 0.0534. The number of methoxy groups -OCH3 is 1. The van der Waals surface area contributed by atoms with Gasteiger partial charge in [-0.1, -0.05) is 31.2 Å². The van der Waals surface area contributed by atoms with Gasteiger partial charge in [0, 0.05) is 0 Å². The Balaban J connectivity index is 2.93. The summed E-state index contributed by atoms with van der Waals surface area (Å²) >= 11 is 0. The van der Waals surface area contributed by atoms with Crippen LogP contribution in [-0.2, 0) is 25.1 Å². The zero-order valence-electron chi connectivity index (χ0n) is 11.7. The molecule has 0 radical (unpaired) electrons. The fraction of sp³-hybridized carbons (Fsp3) is 0.500. The molecule has 0 amide bonds.